The van der Waals surface area contributed by atoms with E-state index >= 15 is 0 Å². The first-order valence-electron chi connectivity index (χ1n) is 21.8. The molecule has 0 saturated carbocycles. The number of ether oxygens (including phenoxy) is 3. The van der Waals surface area contributed by atoms with E-state index in [1.807, 2.05) is 77.7 Å². The van der Waals surface area contributed by atoms with Crippen LogP contribution in [-0.2, 0) is 23.8 Å². The number of pyridine rings is 1. The van der Waals surface area contributed by atoms with Gasteiger partial charge in [-0.25, -0.2) is 24.5 Å². The number of rotatable bonds is 11. The summed E-state index contributed by atoms with van der Waals surface area (Å²) in [5.41, 5.74) is 6.88. The molecule has 4 atom stereocenters. The van der Waals surface area contributed by atoms with Gasteiger partial charge in [0.25, 0.3) is 5.91 Å². The second-order valence-corrected chi connectivity index (χ2v) is 16.5. The van der Waals surface area contributed by atoms with Crippen molar-refractivity contribution in [3.8, 4) is 33.8 Å². The Labute approximate surface area is 370 Å². The van der Waals surface area contributed by atoms with Gasteiger partial charge in [-0.2, -0.15) is 0 Å². The van der Waals surface area contributed by atoms with Gasteiger partial charge < -0.3 is 44.6 Å². The molecule has 4 unspecified atom stereocenters. The number of nitrogens with zero attached hydrogens (tertiary/aromatic N) is 5. The second-order valence-electron chi connectivity index (χ2n) is 16.5. The van der Waals surface area contributed by atoms with Crippen molar-refractivity contribution in [2.75, 3.05) is 40.5 Å². The van der Waals surface area contributed by atoms with Crippen LogP contribution in [0.1, 0.15) is 73.9 Å². The number of methoxy groups -OCH3 is 2. The number of amides is 4. The number of imidazole rings is 2. The smallest absolute Gasteiger partial charge is 0.407 e. The van der Waals surface area contributed by atoms with E-state index in [-0.39, 0.29) is 29.8 Å². The van der Waals surface area contributed by atoms with Crippen molar-refractivity contribution in [2.45, 2.75) is 62.7 Å². The Morgan fingerprint density at radius 3 is 1.94 bits per heavy atom. The van der Waals surface area contributed by atoms with E-state index < -0.39 is 24.3 Å². The normalized spacial score (nSPS) is 18.7. The number of likely N-dealkylation sites (tertiary alicyclic amines) is 2. The Morgan fingerprint density at radius 2 is 1.28 bits per heavy atom. The molecule has 0 radical (unpaired) electrons. The summed E-state index contributed by atoms with van der Waals surface area (Å²) in [6.45, 7) is 2.24. The maximum atomic E-state index is 14.0. The van der Waals surface area contributed by atoms with E-state index in [1.165, 1.54) is 14.2 Å². The molecule has 4 N–H and O–H groups in total. The zero-order chi connectivity index (χ0) is 44.2. The van der Waals surface area contributed by atoms with Crippen molar-refractivity contribution in [3.05, 3.63) is 115 Å². The van der Waals surface area contributed by atoms with E-state index in [0.717, 1.165) is 70.4 Å². The Kier molecular flexibility index (Phi) is 12.4. The minimum absolute atomic E-state index is 0.0345. The molecule has 9 rings (SSSR count). The van der Waals surface area contributed by atoms with Gasteiger partial charge in [0.15, 0.2) is 0 Å². The van der Waals surface area contributed by atoms with Crippen LogP contribution in [0.2, 0.25) is 0 Å². The number of H-pyrrole nitrogens is 2. The molecule has 6 heterocycles. The van der Waals surface area contributed by atoms with Crippen LogP contribution in [0.5, 0.6) is 0 Å². The van der Waals surface area contributed by atoms with Gasteiger partial charge in [0.1, 0.15) is 23.7 Å². The van der Waals surface area contributed by atoms with E-state index in [4.69, 9.17) is 29.2 Å². The predicted octanol–water partition coefficient (Wildman–Crippen LogP) is 7.26. The number of aromatic amines is 2. The Morgan fingerprint density at radius 1 is 0.688 bits per heavy atom. The number of carbonyl (C=O) groups is 4. The molecule has 64 heavy (non-hydrogen) atoms. The van der Waals surface area contributed by atoms with Crippen LogP contribution >= 0.6 is 0 Å². The van der Waals surface area contributed by atoms with Crippen LogP contribution in [0.4, 0.5) is 9.59 Å². The Balaban J connectivity index is 0.868. The first kappa shape index (κ1) is 42.2. The van der Waals surface area contributed by atoms with Crippen LogP contribution in [0, 0.1) is 5.92 Å². The lowest BCUT2D eigenvalue weighted by Gasteiger charge is -2.34. The van der Waals surface area contributed by atoms with Gasteiger partial charge in [0.2, 0.25) is 5.91 Å². The molecule has 0 bridgehead atoms. The maximum Gasteiger partial charge on any atom is 0.407 e. The summed E-state index contributed by atoms with van der Waals surface area (Å²) < 4.78 is 15.2. The number of benzene rings is 3. The van der Waals surface area contributed by atoms with Crippen molar-refractivity contribution >= 4 is 34.9 Å². The molecule has 16 heteroatoms. The SMILES string of the molecule is COC(=O)NC(C(=O)N1CCCC1c1ncc(-c2ccc3nc(-c4ccc(-c5cnc(C6CCCN6C(=O)C(NC(=O)OC)C6CCOCC6)[nH]5)cc4)ccc3c2)[nH]1)c1ccccc1. The van der Waals surface area contributed by atoms with Gasteiger partial charge in [-0.1, -0.05) is 66.7 Å². The van der Waals surface area contributed by atoms with Gasteiger partial charge in [-0.05, 0) is 73.8 Å². The second kappa shape index (κ2) is 18.7. The quantitative estimate of drug-likeness (QED) is 0.103. The highest BCUT2D eigenvalue weighted by Crippen LogP contribution is 2.36. The average Bonchev–Trinajstić information content (AvgIpc) is 4.20. The summed E-state index contributed by atoms with van der Waals surface area (Å²) in [7, 11) is 2.58. The van der Waals surface area contributed by atoms with Crippen LogP contribution in [0.3, 0.4) is 0 Å². The third kappa shape index (κ3) is 8.78. The van der Waals surface area contributed by atoms with Crippen molar-refractivity contribution < 1.29 is 33.4 Å². The fourth-order valence-corrected chi connectivity index (χ4v) is 9.28. The van der Waals surface area contributed by atoms with E-state index in [9.17, 15) is 19.2 Å². The fourth-order valence-electron chi connectivity index (χ4n) is 9.28. The summed E-state index contributed by atoms with van der Waals surface area (Å²) in [6, 6.07) is 25.4. The molecule has 3 aromatic carbocycles. The monoisotopic (exact) mass is 865 g/mol. The molecular formula is C48H51N9O7. The first-order valence-corrected chi connectivity index (χ1v) is 21.8. The number of nitrogens with one attached hydrogen (secondary N) is 4. The van der Waals surface area contributed by atoms with Crippen molar-refractivity contribution in [1.29, 1.82) is 0 Å². The largest absolute Gasteiger partial charge is 0.453 e. The van der Waals surface area contributed by atoms with Gasteiger partial charge in [0.05, 0.1) is 61.3 Å². The first-order chi connectivity index (χ1) is 31.3. The van der Waals surface area contributed by atoms with E-state index in [2.05, 4.69) is 32.7 Å². The number of alkyl carbamates (subject to hydrolysis) is 2. The summed E-state index contributed by atoms with van der Waals surface area (Å²) in [5, 5.41) is 6.49. The third-order valence-electron chi connectivity index (χ3n) is 12.7. The van der Waals surface area contributed by atoms with Gasteiger partial charge in [-0.15, -0.1) is 0 Å². The van der Waals surface area contributed by atoms with Crippen molar-refractivity contribution in [2.24, 2.45) is 5.92 Å². The molecule has 3 fully saturated rings. The van der Waals surface area contributed by atoms with Crippen LogP contribution < -0.4 is 10.6 Å². The number of carbonyl (C=O) groups excluding carboxylic acids is 4. The van der Waals surface area contributed by atoms with Gasteiger partial charge >= 0.3 is 12.2 Å². The lowest BCUT2D eigenvalue weighted by atomic mass is 9.90. The molecular weight excluding hydrogens is 815 g/mol. The predicted molar refractivity (Wildman–Crippen MR) is 237 cm³/mol. The van der Waals surface area contributed by atoms with Crippen molar-refractivity contribution in [3.63, 3.8) is 0 Å². The van der Waals surface area contributed by atoms with E-state index in [0.29, 0.717) is 56.4 Å². The van der Waals surface area contributed by atoms with Gasteiger partial charge in [-0.3, -0.25) is 9.59 Å². The van der Waals surface area contributed by atoms with Crippen LogP contribution in [-0.4, -0.2) is 105 Å². The Hall–Kier alpha value is -7.07. The summed E-state index contributed by atoms with van der Waals surface area (Å²) in [4.78, 5) is 77.5. The van der Waals surface area contributed by atoms with Crippen LogP contribution in [0.15, 0.2) is 97.3 Å². The summed E-state index contributed by atoms with van der Waals surface area (Å²) in [5.74, 6) is 1.03. The molecule has 6 aromatic rings. The number of hydrogen-bond acceptors (Lipinski definition) is 10. The molecule has 16 nitrogen and oxygen atoms in total. The minimum atomic E-state index is -0.890. The number of aromatic nitrogens is 5. The lowest BCUT2D eigenvalue weighted by Crippen LogP contribution is -2.53. The fraction of sp³-hybridized carbons (Fsp3) is 0.354. The standard InChI is InChI=1S/C48H51N9O7/c1-62-47(60)54-41(31-8-4-3-5-9-31)45(58)56-22-7-11-40(56)44-50-28-38(53-44)34-17-19-36-33(26-34)16-18-35(51-36)29-12-14-30(15-13-29)37-27-49-43(52-37)39-10-6-23-57(39)46(59)42(55-48(61)63-2)32-20-24-64-25-21-32/h3-5,8-9,12-19,26-28,32,39-42H,6-7,10-11,20-25H2,1-2H3,(H,49,52)(H,50,53)(H,54,60)(H,55,61). The molecule has 3 aromatic heterocycles. The van der Waals surface area contributed by atoms with E-state index in [1.54, 1.807) is 17.3 Å². The molecule has 0 spiro atoms. The summed E-state index contributed by atoms with van der Waals surface area (Å²) in [6.07, 6.45) is 6.84. The number of fused-ring (bicyclic) bond motifs is 1. The molecule has 3 aliphatic heterocycles. The highest BCUT2D eigenvalue weighted by atomic mass is 16.5. The lowest BCUT2D eigenvalue weighted by molar-refractivity contribution is -0.137. The third-order valence-corrected chi connectivity index (χ3v) is 12.7. The molecule has 330 valence electrons. The van der Waals surface area contributed by atoms with Gasteiger partial charge in [0, 0.05) is 42.8 Å². The highest BCUT2D eigenvalue weighted by Gasteiger charge is 2.40. The Bertz CT molecular complexity index is 2620. The van der Waals surface area contributed by atoms with Crippen LogP contribution in [0.25, 0.3) is 44.7 Å². The zero-order valence-corrected chi connectivity index (χ0v) is 35.8. The maximum absolute atomic E-state index is 14.0. The average molecular weight is 866 g/mol. The highest BCUT2D eigenvalue weighted by molar-refractivity contribution is 5.89. The molecule has 3 saturated heterocycles. The van der Waals surface area contributed by atoms with Crippen molar-refractivity contribution in [1.82, 2.24) is 45.4 Å². The number of hydrogen-bond donors (Lipinski definition) is 4. The molecule has 0 aliphatic carbocycles. The molecule has 4 amide bonds. The minimum Gasteiger partial charge on any atom is -0.453 e. The summed E-state index contributed by atoms with van der Waals surface area (Å²) >= 11 is 0. The molecule has 3 aliphatic rings. The topological polar surface area (TPSA) is 197 Å². The zero-order valence-electron chi connectivity index (χ0n) is 35.8.